The Morgan fingerprint density at radius 1 is 0.769 bits per heavy atom. The number of imide groups is 1. The van der Waals surface area contributed by atoms with Crippen LogP contribution < -0.4 is 0 Å². The summed E-state index contributed by atoms with van der Waals surface area (Å²) in [5.74, 6) is -4.71. The summed E-state index contributed by atoms with van der Waals surface area (Å²) in [5.41, 5.74) is -0.961. The number of fused-ring (bicyclic) bond motifs is 1. The molecule has 0 aliphatic carbocycles. The molecule has 0 spiro atoms. The summed E-state index contributed by atoms with van der Waals surface area (Å²) in [7, 11) is 0. The number of rotatable bonds is 7. The van der Waals surface area contributed by atoms with E-state index < -0.39 is 46.5 Å². The van der Waals surface area contributed by atoms with E-state index in [4.69, 9.17) is 81.2 Å². The van der Waals surface area contributed by atoms with Gasteiger partial charge in [-0.25, -0.2) is 9.40 Å². The number of halogens is 8. The number of benzene rings is 3. The first-order chi connectivity index (χ1) is 18.4. The second-order valence-electron chi connectivity index (χ2n) is 8.07. The number of ketones is 1. The predicted molar refractivity (Wildman–Crippen MR) is 149 cm³/mol. The first-order valence-corrected chi connectivity index (χ1v) is 13.6. The minimum Gasteiger partial charge on any atom is -0.292 e. The Bertz CT molecular complexity index is 1500. The fraction of sp³-hybridized carbons (Fsp3) is 0.120. The second-order valence-corrected chi connectivity index (χ2v) is 10.8. The largest absolute Gasteiger partial charge is 0.292 e. The summed E-state index contributed by atoms with van der Waals surface area (Å²) in [6.07, 6.45) is -0.221. The van der Waals surface area contributed by atoms with Crippen molar-refractivity contribution in [1.29, 1.82) is 0 Å². The summed E-state index contributed by atoms with van der Waals surface area (Å²) in [6, 6.07) is 6.75. The van der Waals surface area contributed by atoms with Crippen LogP contribution in [-0.4, -0.2) is 45.4 Å². The Balaban J connectivity index is 1.93. The Hall–Kier alpha value is -2.10. The van der Waals surface area contributed by atoms with Gasteiger partial charge in [0.15, 0.2) is 5.78 Å². The van der Waals surface area contributed by atoms with Crippen LogP contribution >= 0.6 is 81.2 Å². The average Bonchev–Trinajstić information content (AvgIpc) is 3.17. The van der Waals surface area contributed by atoms with E-state index in [0.29, 0.717) is 10.0 Å². The lowest BCUT2D eigenvalue weighted by Crippen LogP contribution is -2.57. The van der Waals surface area contributed by atoms with Crippen LogP contribution in [0.3, 0.4) is 0 Å². The average molecular weight is 672 g/mol. The number of carbonyl (C=O) groups is 4. The predicted octanol–water partition coefficient (Wildman–Crippen LogP) is 8.28. The van der Waals surface area contributed by atoms with Crippen molar-refractivity contribution in [3.05, 3.63) is 101 Å². The van der Waals surface area contributed by atoms with Gasteiger partial charge in [-0.05, 0) is 48.9 Å². The molecule has 0 N–H and O–H groups in total. The molecule has 0 saturated heterocycles. The fourth-order valence-electron chi connectivity index (χ4n) is 3.94. The van der Waals surface area contributed by atoms with Gasteiger partial charge in [0.2, 0.25) is 0 Å². The standard InChI is InChI=1S/C25H12Cl7FN2O4/c26-8-7-15(22(36)10-1-4-12(33)5-2-10)34(23(37)11-3-6-13(27)14(28)9-11)35-24(38)16-17(25(35)39)19(30)21(32)20(31)18(16)29/h1-6,9,15H,7-8H2/t15-/m0/s1. The third-order valence-electron chi connectivity index (χ3n) is 5.78. The molecule has 0 saturated carbocycles. The highest BCUT2D eigenvalue weighted by Gasteiger charge is 2.49. The van der Waals surface area contributed by atoms with Crippen molar-refractivity contribution in [3.8, 4) is 0 Å². The van der Waals surface area contributed by atoms with Crippen molar-refractivity contribution in [2.24, 2.45) is 0 Å². The minimum atomic E-state index is -1.53. The third-order valence-corrected chi connectivity index (χ3v) is 8.54. The van der Waals surface area contributed by atoms with E-state index in [0.717, 1.165) is 12.1 Å². The number of amides is 3. The summed E-state index contributed by atoms with van der Waals surface area (Å²) < 4.78 is 13.6. The van der Waals surface area contributed by atoms with Crippen molar-refractivity contribution < 1.29 is 23.6 Å². The van der Waals surface area contributed by atoms with Crippen LogP contribution in [0.2, 0.25) is 30.1 Å². The molecular formula is C25H12Cl7FN2O4. The molecule has 6 nitrogen and oxygen atoms in total. The van der Waals surface area contributed by atoms with E-state index in [1.165, 1.54) is 30.3 Å². The number of hydrazine groups is 1. The van der Waals surface area contributed by atoms with E-state index in [1.807, 2.05) is 0 Å². The van der Waals surface area contributed by atoms with Gasteiger partial charge in [0.25, 0.3) is 17.7 Å². The topological polar surface area (TPSA) is 74.8 Å². The Morgan fingerprint density at radius 2 is 1.28 bits per heavy atom. The molecule has 39 heavy (non-hydrogen) atoms. The van der Waals surface area contributed by atoms with Gasteiger partial charge >= 0.3 is 0 Å². The van der Waals surface area contributed by atoms with Gasteiger partial charge < -0.3 is 0 Å². The molecule has 3 amide bonds. The first kappa shape index (κ1) is 29.9. The SMILES string of the molecule is O=C(c1ccc(F)cc1)[C@H](CCCl)N(C(=O)c1ccc(Cl)c(Cl)c1)N1C(=O)c2c(Cl)c(Cl)c(Cl)c(Cl)c2C1=O. The Labute approximate surface area is 256 Å². The maximum atomic E-state index is 14.0. The van der Waals surface area contributed by atoms with Gasteiger partial charge in [-0.2, -0.15) is 5.01 Å². The zero-order chi connectivity index (χ0) is 28.8. The maximum Gasteiger partial charge on any atom is 0.282 e. The first-order valence-electron chi connectivity index (χ1n) is 10.8. The molecule has 0 bridgehead atoms. The molecule has 1 heterocycles. The van der Waals surface area contributed by atoms with E-state index in [1.54, 1.807) is 0 Å². The lowest BCUT2D eigenvalue weighted by molar-refractivity contribution is -0.00960. The molecule has 1 atom stereocenters. The van der Waals surface area contributed by atoms with Crippen molar-refractivity contribution >= 4 is 105 Å². The Morgan fingerprint density at radius 3 is 1.77 bits per heavy atom. The summed E-state index contributed by atoms with van der Waals surface area (Å²) in [5, 5.41) is -0.119. The van der Waals surface area contributed by atoms with Gasteiger partial charge in [0, 0.05) is 17.0 Å². The molecule has 14 heteroatoms. The number of carbonyl (C=O) groups excluding carboxylic acids is 4. The van der Waals surface area contributed by atoms with Crippen LogP contribution in [0.5, 0.6) is 0 Å². The molecule has 3 aromatic carbocycles. The number of Topliss-reactive ketones (excluding diaryl/α,β-unsaturated/α-hetero) is 1. The molecule has 4 rings (SSSR count). The molecule has 0 fully saturated rings. The summed E-state index contributed by atoms with van der Waals surface area (Å²) >= 11 is 42.8. The lowest BCUT2D eigenvalue weighted by atomic mass is 10.0. The molecular weight excluding hydrogens is 659 g/mol. The maximum absolute atomic E-state index is 14.0. The highest BCUT2D eigenvalue weighted by atomic mass is 35.5. The van der Waals surface area contributed by atoms with E-state index in [2.05, 4.69) is 0 Å². The van der Waals surface area contributed by atoms with Gasteiger partial charge in [-0.3, -0.25) is 19.2 Å². The fourth-order valence-corrected chi connectivity index (χ4v) is 5.46. The Kier molecular flexibility index (Phi) is 9.03. The van der Waals surface area contributed by atoms with Crippen molar-refractivity contribution in [3.63, 3.8) is 0 Å². The van der Waals surface area contributed by atoms with Crippen LogP contribution in [0.15, 0.2) is 42.5 Å². The summed E-state index contributed by atoms with van der Waals surface area (Å²) in [4.78, 5) is 55.0. The lowest BCUT2D eigenvalue weighted by Gasteiger charge is -2.36. The van der Waals surface area contributed by atoms with E-state index in [-0.39, 0.29) is 53.6 Å². The molecule has 202 valence electrons. The normalized spacial score (nSPS) is 13.5. The van der Waals surface area contributed by atoms with Gasteiger partial charge in [-0.15, -0.1) is 11.6 Å². The molecule has 1 aliphatic rings. The third kappa shape index (κ3) is 5.34. The monoisotopic (exact) mass is 668 g/mol. The minimum absolute atomic E-state index is 0.00626. The van der Waals surface area contributed by atoms with Crippen LogP contribution in [0.25, 0.3) is 0 Å². The molecule has 0 unspecified atom stereocenters. The van der Waals surface area contributed by atoms with Crippen molar-refractivity contribution in [2.45, 2.75) is 12.5 Å². The smallest absolute Gasteiger partial charge is 0.282 e. The highest BCUT2D eigenvalue weighted by Crippen LogP contribution is 2.45. The number of nitrogens with zero attached hydrogens (tertiary/aromatic N) is 2. The van der Waals surface area contributed by atoms with E-state index in [9.17, 15) is 23.6 Å². The molecule has 1 aliphatic heterocycles. The van der Waals surface area contributed by atoms with Crippen LogP contribution in [0.4, 0.5) is 4.39 Å². The number of alkyl halides is 1. The quantitative estimate of drug-likeness (QED) is 0.0834. The van der Waals surface area contributed by atoms with Gasteiger partial charge in [0.05, 0.1) is 41.3 Å². The summed E-state index contributed by atoms with van der Waals surface area (Å²) in [6.45, 7) is 0. The zero-order valence-corrected chi connectivity index (χ0v) is 24.4. The molecule has 0 radical (unpaired) electrons. The zero-order valence-electron chi connectivity index (χ0n) is 19.1. The van der Waals surface area contributed by atoms with Crippen molar-refractivity contribution in [2.75, 3.05) is 5.88 Å². The van der Waals surface area contributed by atoms with E-state index >= 15 is 0 Å². The van der Waals surface area contributed by atoms with Gasteiger partial charge in [0.1, 0.15) is 11.9 Å². The van der Waals surface area contributed by atoms with Crippen LogP contribution in [0, 0.1) is 5.82 Å². The second kappa shape index (κ2) is 11.8. The van der Waals surface area contributed by atoms with Crippen molar-refractivity contribution in [1.82, 2.24) is 10.0 Å². The van der Waals surface area contributed by atoms with Gasteiger partial charge in [-0.1, -0.05) is 69.6 Å². The number of hydrogen-bond donors (Lipinski definition) is 0. The highest BCUT2D eigenvalue weighted by molar-refractivity contribution is 6.55. The van der Waals surface area contributed by atoms with Crippen LogP contribution in [0.1, 0.15) is 47.9 Å². The molecule has 0 aromatic heterocycles. The van der Waals surface area contributed by atoms with Crippen LogP contribution in [-0.2, 0) is 0 Å². The number of hydrogen-bond acceptors (Lipinski definition) is 4. The molecule has 3 aromatic rings.